The van der Waals surface area contributed by atoms with Crippen LogP contribution in [0.15, 0.2) is 40.6 Å². The van der Waals surface area contributed by atoms with Crippen molar-refractivity contribution in [1.82, 2.24) is 0 Å². The molecule has 102 valence electrons. The van der Waals surface area contributed by atoms with Crippen LogP contribution in [0.1, 0.15) is 45.4 Å². The van der Waals surface area contributed by atoms with Gasteiger partial charge in [-0.2, -0.15) is 5.11 Å². The summed E-state index contributed by atoms with van der Waals surface area (Å²) < 4.78 is 0. The van der Waals surface area contributed by atoms with E-state index < -0.39 is 0 Å². The number of hydrogen-bond donors (Lipinski definition) is 0. The van der Waals surface area contributed by atoms with Gasteiger partial charge in [-0.05, 0) is 37.2 Å². The lowest BCUT2D eigenvalue weighted by Crippen LogP contribution is -2.32. The van der Waals surface area contributed by atoms with Crippen molar-refractivity contribution in [2.75, 3.05) is 4.90 Å². The van der Waals surface area contributed by atoms with Crippen LogP contribution in [0.25, 0.3) is 0 Å². The molecule has 0 saturated carbocycles. The molecule has 1 unspecified atom stereocenters. The van der Waals surface area contributed by atoms with Crippen LogP contribution < -0.4 is 4.90 Å². The van der Waals surface area contributed by atoms with E-state index in [1.165, 1.54) is 32.1 Å². The number of para-hydroxylation sites is 1. The Kier molecular flexibility index (Phi) is 5.45. The molecule has 1 aliphatic heterocycles. The Bertz CT molecular complexity index is 430. The molecule has 0 bridgehead atoms. The number of unbranched alkanes of at least 4 members (excludes halogenated alkanes) is 4. The second-order valence-electron chi connectivity index (χ2n) is 4.89. The molecule has 0 N–H and O–H groups in total. The van der Waals surface area contributed by atoms with Crippen molar-refractivity contribution < 1.29 is 0 Å². The zero-order valence-corrected chi connectivity index (χ0v) is 12.3. The maximum absolute atomic E-state index is 5.29. The number of hydrogen-bond acceptors (Lipinski definition) is 2. The highest BCUT2D eigenvalue weighted by atomic mass is 32.1. The molecule has 3 nitrogen and oxygen atoms in total. The molecule has 0 fully saturated rings. The maximum Gasteiger partial charge on any atom is 0.222 e. The Morgan fingerprint density at radius 1 is 1.11 bits per heavy atom. The lowest BCUT2D eigenvalue weighted by molar-refractivity contribution is 0.552. The van der Waals surface area contributed by atoms with Gasteiger partial charge in [-0.1, -0.05) is 50.8 Å². The molecule has 1 aromatic rings. The van der Waals surface area contributed by atoms with Crippen LogP contribution in [0.4, 0.5) is 5.69 Å². The first-order valence-electron chi connectivity index (χ1n) is 7.12. The lowest BCUT2D eigenvalue weighted by Gasteiger charge is -2.23. The quantitative estimate of drug-likeness (QED) is 0.521. The van der Waals surface area contributed by atoms with Gasteiger partial charge in [-0.3, -0.25) is 4.90 Å². The molecular weight excluding hydrogens is 254 g/mol. The van der Waals surface area contributed by atoms with E-state index in [9.17, 15) is 0 Å². The summed E-state index contributed by atoms with van der Waals surface area (Å²) in [5.74, 6) is 0. The summed E-state index contributed by atoms with van der Waals surface area (Å²) in [6.45, 7) is 2.24. The van der Waals surface area contributed by atoms with Gasteiger partial charge < -0.3 is 0 Å². The van der Waals surface area contributed by atoms with E-state index in [1.54, 1.807) is 0 Å². The highest BCUT2D eigenvalue weighted by Gasteiger charge is 2.26. The summed E-state index contributed by atoms with van der Waals surface area (Å²) in [7, 11) is 0. The van der Waals surface area contributed by atoms with Crippen LogP contribution in [-0.4, -0.2) is 11.3 Å². The van der Waals surface area contributed by atoms with E-state index >= 15 is 0 Å². The van der Waals surface area contributed by atoms with Gasteiger partial charge in [0.2, 0.25) is 5.11 Å². The molecule has 1 atom stereocenters. The number of azo groups is 1. The largest absolute Gasteiger partial charge is 0.291 e. The summed E-state index contributed by atoms with van der Waals surface area (Å²) in [4.78, 5) is 2.06. The van der Waals surface area contributed by atoms with E-state index in [-0.39, 0.29) is 6.17 Å². The van der Waals surface area contributed by atoms with E-state index in [0.29, 0.717) is 5.11 Å². The van der Waals surface area contributed by atoms with Crippen molar-refractivity contribution in [3.8, 4) is 0 Å². The standard InChI is InChI=1S/C15H21N3S/c1-2-3-4-5-9-12-14-16-17-15(19)18(14)13-10-7-6-8-11-13/h6-8,10-11,14H,2-5,9,12H2,1H3. The molecular formula is C15H21N3S. The van der Waals surface area contributed by atoms with Crippen molar-refractivity contribution in [2.24, 2.45) is 10.2 Å². The Balaban J connectivity index is 1.89. The monoisotopic (exact) mass is 275 g/mol. The van der Waals surface area contributed by atoms with Gasteiger partial charge in [0.25, 0.3) is 0 Å². The number of nitrogens with zero attached hydrogens (tertiary/aromatic N) is 3. The number of rotatable bonds is 7. The van der Waals surface area contributed by atoms with Crippen molar-refractivity contribution in [2.45, 2.75) is 51.6 Å². The molecule has 0 radical (unpaired) electrons. The molecule has 0 spiro atoms. The zero-order valence-electron chi connectivity index (χ0n) is 11.5. The predicted octanol–water partition coefficient (Wildman–Crippen LogP) is 4.93. The van der Waals surface area contributed by atoms with Gasteiger partial charge in [-0.15, -0.1) is 5.11 Å². The van der Waals surface area contributed by atoms with Crippen LogP contribution in [-0.2, 0) is 0 Å². The third-order valence-electron chi connectivity index (χ3n) is 3.38. The van der Waals surface area contributed by atoms with Crippen molar-refractivity contribution in [1.29, 1.82) is 0 Å². The Morgan fingerprint density at radius 2 is 1.84 bits per heavy atom. The summed E-state index contributed by atoms with van der Waals surface area (Å²) in [6.07, 6.45) is 7.51. The van der Waals surface area contributed by atoms with Gasteiger partial charge in [-0.25, -0.2) is 0 Å². The Morgan fingerprint density at radius 3 is 2.58 bits per heavy atom. The molecule has 4 heteroatoms. The summed E-state index contributed by atoms with van der Waals surface area (Å²) in [5, 5.41) is 8.96. The van der Waals surface area contributed by atoms with E-state index in [1.807, 2.05) is 18.2 Å². The zero-order chi connectivity index (χ0) is 13.5. The van der Waals surface area contributed by atoms with E-state index in [2.05, 4.69) is 34.2 Å². The summed E-state index contributed by atoms with van der Waals surface area (Å²) in [6, 6.07) is 10.2. The maximum atomic E-state index is 5.29. The molecule has 1 heterocycles. The van der Waals surface area contributed by atoms with Gasteiger partial charge in [0.1, 0.15) is 6.17 Å². The highest BCUT2D eigenvalue weighted by Crippen LogP contribution is 2.26. The second-order valence-corrected chi connectivity index (χ2v) is 5.25. The average molecular weight is 275 g/mol. The van der Waals surface area contributed by atoms with Crippen LogP contribution >= 0.6 is 12.2 Å². The highest BCUT2D eigenvalue weighted by molar-refractivity contribution is 7.80. The third-order valence-corrected chi connectivity index (χ3v) is 3.66. The van der Waals surface area contributed by atoms with Crippen LogP contribution in [0.2, 0.25) is 0 Å². The lowest BCUT2D eigenvalue weighted by atomic mass is 10.1. The first-order valence-corrected chi connectivity index (χ1v) is 7.53. The fourth-order valence-electron chi connectivity index (χ4n) is 2.33. The fraction of sp³-hybridized carbons (Fsp3) is 0.533. The summed E-state index contributed by atoms with van der Waals surface area (Å²) in [5.41, 5.74) is 1.09. The van der Waals surface area contributed by atoms with Crippen molar-refractivity contribution in [3.63, 3.8) is 0 Å². The molecule has 0 amide bonds. The molecule has 1 aliphatic rings. The predicted molar refractivity (Wildman–Crippen MR) is 83.5 cm³/mol. The minimum Gasteiger partial charge on any atom is -0.291 e. The van der Waals surface area contributed by atoms with Crippen LogP contribution in [0.5, 0.6) is 0 Å². The number of anilines is 1. The molecule has 0 aromatic heterocycles. The molecule has 2 rings (SSSR count). The SMILES string of the molecule is CCCCCCCC1N=NC(=S)N1c1ccccc1. The molecule has 1 aromatic carbocycles. The Labute approximate surface area is 120 Å². The molecule has 0 saturated heterocycles. The van der Waals surface area contributed by atoms with Gasteiger partial charge >= 0.3 is 0 Å². The summed E-state index contributed by atoms with van der Waals surface area (Å²) >= 11 is 5.29. The van der Waals surface area contributed by atoms with Crippen molar-refractivity contribution in [3.05, 3.63) is 30.3 Å². The van der Waals surface area contributed by atoms with Gasteiger partial charge in [0.05, 0.1) is 0 Å². The molecule has 19 heavy (non-hydrogen) atoms. The number of benzene rings is 1. The van der Waals surface area contributed by atoms with E-state index in [4.69, 9.17) is 12.2 Å². The second kappa shape index (κ2) is 7.34. The Hall–Kier alpha value is -1.29. The minimum atomic E-state index is 0.0940. The van der Waals surface area contributed by atoms with Crippen LogP contribution in [0.3, 0.4) is 0 Å². The first kappa shape index (κ1) is 14.1. The van der Waals surface area contributed by atoms with Crippen molar-refractivity contribution >= 4 is 23.0 Å². The normalized spacial score (nSPS) is 18.3. The average Bonchev–Trinajstić information content (AvgIpc) is 2.81. The smallest absolute Gasteiger partial charge is 0.222 e. The first-order chi connectivity index (χ1) is 9.33. The minimum absolute atomic E-state index is 0.0940. The topological polar surface area (TPSA) is 28.0 Å². The number of thiocarbonyl (C=S) groups is 1. The van der Waals surface area contributed by atoms with Crippen LogP contribution in [0, 0.1) is 0 Å². The van der Waals surface area contributed by atoms with Gasteiger partial charge in [0, 0.05) is 5.69 Å². The van der Waals surface area contributed by atoms with Gasteiger partial charge in [0.15, 0.2) is 0 Å². The third kappa shape index (κ3) is 3.83. The van der Waals surface area contributed by atoms with E-state index in [0.717, 1.165) is 12.1 Å². The fourth-order valence-corrected chi connectivity index (χ4v) is 2.61. The molecule has 0 aliphatic carbocycles.